The number of hydrogen-bond donors (Lipinski definition) is 10. The van der Waals surface area contributed by atoms with E-state index in [9.17, 15) is 43.5 Å². The molecule has 0 unspecified atom stereocenters. The number of aliphatic hydroxyl groups is 1. The topological polar surface area (TPSA) is 319 Å². The molecule has 0 aliphatic heterocycles. The van der Waals surface area contributed by atoms with Gasteiger partial charge in [0.15, 0.2) is 5.96 Å². The molecule has 0 bridgehead atoms. The summed E-state index contributed by atoms with van der Waals surface area (Å²) in [6, 6.07) is -6.11. The van der Waals surface area contributed by atoms with E-state index in [-0.39, 0.29) is 50.5 Å². The zero-order chi connectivity index (χ0) is 37.5. The van der Waals surface area contributed by atoms with E-state index in [1.807, 2.05) is 6.92 Å². The van der Waals surface area contributed by atoms with Gasteiger partial charge in [0.2, 0.25) is 41.4 Å². The summed E-state index contributed by atoms with van der Waals surface area (Å²) < 4.78 is 0. The first-order valence-electron chi connectivity index (χ1n) is 16.2. The number of aliphatic hydroxyl groups excluding tert-OH is 1. The van der Waals surface area contributed by atoms with Crippen LogP contribution in [0.1, 0.15) is 85.5 Å². The van der Waals surface area contributed by atoms with Gasteiger partial charge in [0.1, 0.15) is 30.5 Å². The van der Waals surface area contributed by atoms with Gasteiger partial charge >= 0.3 is 0 Å². The van der Waals surface area contributed by atoms with Crippen LogP contribution in [-0.2, 0) is 38.4 Å². The number of nitrogens with zero attached hydrogens (tertiary/aromatic N) is 1. The molecular formula is C30H54N10O9. The molecule has 6 atom stereocenters. The lowest BCUT2D eigenvalue weighted by Gasteiger charge is -2.26. The molecule has 0 radical (unpaired) electrons. The quantitative estimate of drug-likeness (QED) is 0.0192. The molecule has 49 heavy (non-hydrogen) atoms. The van der Waals surface area contributed by atoms with Crippen molar-refractivity contribution in [3.8, 4) is 0 Å². The summed E-state index contributed by atoms with van der Waals surface area (Å²) in [5.41, 5.74) is 15.8. The third-order valence-corrected chi connectivity index (χ3v) is 7.00. The van der Waals surface area contributed by atoms with Crippen LogP contribution >= 0.6 is 0 Å². The molecule has 0 aromatic rings. The van der Waals surface area contributed by atoms with E-state index in [2.05, 4.69) is 36.9 Å². The Labute approximate surface area is 286 Å². The lowest BCUT2D eigenvalue weighted by molar-refractivity contribution is -0.136. The van der Waals surface area contributed by atoms with Gasteiger partial charge in [0.05, 0.1) is 12.1 Å². The van der Waals surface area contributed by atoms with Crippen LogP contribution in [0.5, 0.6) is 0 Å². The number of amides is 7. The fourth-order valence-electron chi connectivity index (χ4n) is 4.39. The first-order chi connectivity index (χ1) is 23.0. The summed E-state index contributed by atoms with van der Waals surface area (Å²) in [7, 11) is 0. The predicted octanol–water partition coefficient (Wildman–Crippen LogP) is -3.56. The Morgan fingerprint density at radius 3 is 1.94 bits per heavy atom. The molecule has 0 spiro atoms. The average molecular weight is 699 g/mol. The van der Waals surface area contributed by atoms with Gasteiger partial charge in [-0.1, -0.05) is 6.92 Å². The average Bonchev–Trinajstić information content (AvgIpc) is 3.01. The first-order valence-corrected chi connectivity index (χ1v) is 16.2. The number of primary amides is 1. The minimum atomic E-state index is -1.57. The summed E-state index contributed by atoms with van der Waals surface area (Å²) in [5.74, 6) is -4.83. The Balaban J connectivity index is 5.51. The molecule has 19 heteroatoms. The Bertz CT molecular complexity index is 1160. The fourth-order valence-corrected chi connectivity index (χ4v) is 4.39. The molecule has 0 saturated carbocycles. The lowest BCUT2D eigenvalue weighted by Crippen LogP contribution is -2.60. The minimum Gasteiger partial charge on any atom is -0.391 e. The summed E-state index contributed by atoms with van der Waals surface area (Å²) in [6.07, 6.45) is 1.59. The summed E-state index contributed by atoms with van der Waals surface area (Å²) in [5, 5.41) is 25.1. The second-order valence-corrected chi connectivity index (χ2v) is 11.6. The van der Waals surface area contributed by atoms with Crippen molar-refractivity contribution in [3.63, 3.8) is 0 Å². The van der Waals surface area contributed by atoms with Crippen molar-refractivity contribution < 1.29 is 43.5 Å². The van der Waals surface area contributed by atoms with E-state index in [1.165, 1.54) is 13.8 Å². The van der Waals surface area contributed by atoms with Crippen molar-refractivity contribution in [2.75, 3.05) is 13.1 Å². The van der Waals surface area contributed by atoms with Gasteiger partial charge in [0.25, 0.3) is 0 Å². The standard InChI is InChI=1S/C30H54N10O9/c1-5-9-24(45)34-14-7-6-10-20(16-41)38-27(47)21(11-8-15-35-30(32)33)39-26(46)17(2)36-29(49)25(18(3)42)40-28(48)22(37-19(4)43)12-13-23(31)44/h16-18,20-22,25,42H,5-15H2,1-4H3,(H2,31,44)(H,34,45)(H,36,49)(H,37,43)(H,38,47)(H,39,46)(H,40,48)(H4,32,33,35)/t17-,18+,20-,21-,22-,25-/m0/s1. The van der Waals surface area contributed by atoms with Gasteiger partial charge in [-0.3, -0.25) is 38.6 Å². The highest BCUT2D eigenvalue weighted by Gasteiger charge is 2.32. The monoisotopic (exact) mass is 698 g/mol. The largest absolute Gasteiger partial charge is 0.391 e. The summed E-state index contributed by atoms with van der Waals surface area (Å²) in [6.45, 7) is 6.14. The maximum atomic E-state index is 13.2. The van der Waals surface area contributed by atoms with Crippen LogP contribution in [0, 0.1) is 0 Å². The molecule has 19 nitrogen and oxygen atoms in total. The Hall–Kier alpha value is -4.81. The smallest absolute Gasteiger partial charge is 0.245 e. The summed E-state index contributed by atoms with van der Waals surface area (Å²) in [4.78, 5) is 102. The van der Waals surface area contributed by atoms with Crippen LogP contribution in [0.3, 0.4) is 0 Å². The number of unbranched alkanes of at least 4 members (excludes halogenated alkanes) is 1. The van der Waals surface area contributed by atoms with E-state index >= 15 is 0 Å². The number of hydrogen-bond acceptors (Lipinski definition) is 10. The van der Waals surface area contributed by atoms with Crippen LogP contribution in [-0.4, -0.2) is 108 Å². The number of rotatable bonds is 25. The van der Waals surface area contributed by atoms with Crippen molar-refractivity contribution in [3.05, 3.63) is 0 Å². The van der Waals surface area contributed by atoms with Crippen LogP contribution in [0.25, 0.3) is 0 Å². The molecule has 0 fully saturated rings. The number of aliphatic imine (C=N–C) groups is 1. The van der Waals surface area contributed by atoms with Crippen molar-refractivity contribution in [1.82, 2.24) is 31.9 Å². The Kier molecular flexibility index (Phi) is 22.0. The Morgan fingerprint density at radius 1 is 0.755 bits per heavy atom. The van der Waals surface area contributed by atoms with E-state index in [0.29, 0.717) is 32.1 Å². The molecule has 7 amide bonds. The molecule has 278 valence electrons. The zero-order valence-corrected chi connectivity index (χ0v) is 28.7. The molecule has 13 N–H and O–H groups in total. The van der Waals surface area contributed by atoms with E-state index in [0.717, 1.165) is 13.3 Å². The second kappa shape index (κ2) is 24.3. The van der Waals surface area contributed by atoms with E-state index < -0.39 is 71.8 Å². The number of nitrogens with two attached hydrogens (primary N) is 3. The molecule has 0 aromatic heterocycles. The number of carbonyl (C=O) groups excluding carboxylic acids is 8. The molecule has 0 aromatic carbocycles. The summed E-state index contributed by atoms with van der Waals surface area (Å²) >= 11 is 0. The van der Waals surface area contributed by atoms with Crippen LogP contribution < -0.4 is 49.1 Å². The van der Waals surface area contributed by atoms with Crippen LogP contribution in [0.4, 0.5) is 0 Å². The number of nitrogens with one attached hydrogen (secondary N) is 6. The van der Waals surface area contributed by atoms with Crippen molar-refractivity contribution in [2.24, 2.45) is 22.2 Å². The van der Waals surface area contributed by atoms with Crippen molar-refractivity contribution in [1.29, 1.82) is 0 Å². The number of aldehydes is 1. The van der Waals surface area contributed by atoms with Crippen molar-refractivity contribution >= 4 is 53.6 Å². The normalized spacial score (nSPS) is 14.3. The number of carbonyl (C=O) groups is 8. The van der Waals surface area contributed by atoms with Crippen LogP contribution in [0.15, 0.2) is 4.99 Å². The molecule has 0 heterocycles. The third-order valence-electron chi connectivity index (χ3n) is 7.00. The van der Waals surface area contributed by atoms with Gasteiger partial charge in [-0.15, -0.1) is 0 Å². The Morgan fingerprint density at radius 2 is 1.39 bits per heavy atom. The minimum absolute atomic E-state index is 0.0618. The lowest BCUT2D eigenvalue weighted by atomic mass is 10.1. The van der Waals surface area contributed by atoms with E-state index in [4.69, 9.17) is 17.2 Å². The highest BCUT2D eigenvalue weighted by molar-refractivity contribution is 5.96. The van der Waals surface area contributed by atoms with Gasteiger partial charge < -0.3 is 59.0 Å². The predicted molar refractivity (Wildman–Crippen MR) is 179 cm³/mol. The van der Waals surface area contributed by atoms with Crippen molar-refractivity contribution in [2.45, 2.75) is 122 Å². The third kappa shape index (κ3) is 20.2. The SMILES string of the molecule is CCCC(=O)NCCCC[C@@H](C=O)NC(=O)[C@H](CCCN=C(N)N)NC(=O)[C@H](C)NC(=O)[C@@H](NC(=O)[C@H](CCC(N)=O)NC(C)=O)[C@@H](C)O. The fraction of sp³-hybridized carbons (Fsp3) is 0.700. The molecule has 0 aliphatic rings. The molecular weight excluding hydrogens is 644 g/mol. The van der Waals surface area contributed by atoms with Gasteiger partial charge in [-0.2, -0.15) is 0 Å². The van der Waals surface area contributed by atoms with E-state index in [1.54, 1.807) is 0 Å². The van der Waals surface area contributed by atoms with Gasteiger partial charge in [-0.05, 0) is 58.8 Å². The molecule has 0 aliphatic carbocycles. The number of guanidine groups is 1. The maximum absolute atomic E-state index is 13.2. The zero-order valence-electron chi connectivity index (χ0n) is 28.7. The molecule has 0 saturated heterocycles. The van der Waals surface area contributed by atoms with Crippen LogP contribution in [0.2, 0.25) is 0 Å². The first kappa shape index (κ1) is 44.2. The maximum Gasteiger partial charge on any atom is 0.245 e. The highest BCUT2D eigenvalue weighted by atomic mass is 16.3. The van der Waals surface area contributed by atoms with Gasteiger partial charge in [-0.25, -0.2) is 0 Å². The second-order valence-electron chi connectivity index (χ2n) is 11.6. The highest BCUT2D eigenvalue weighted by Crippen LogP contribution is 2.05. The van der Waals surface area contributed by atoms with Gasteiger partial charge in [0, 0.05) is 32.9 Å². The molecule has 0 rings (SSSR count).